The van der Waals surface area contributed by atoms with Crippen molar-refractivity contribution in [1.29, 1.82) is 0 Å². The van der Waals surface area contributed by atoms with E-state index in [9.17, 15) is 9.90 Å². The highest BCUT2D eigenvalue weighted by molar-refractivity contribution is 6.06. The first-order valence-corrected chi connectivity index (χ1v) is 6.24. The van der Waals surface area contributed by atoms with Gasteiger partial charge in [0.1, 0.15) is 5.54 Å². The Morgan fingerprint density at radius 3 is 2.82 bits per heavy atom. The summed E-state index contributed by atoms with van der Waals surface area (Å²) in [5, 5.41) is 9.65. The monoisotopic (exact) mass is 239 g/mol. The maximum absolute atomic E-state index is 12.1. The predicted octanol–water partition coefficient (Wildman–Crippen LogP) is 0.473. The number of carbonyl (C=O) groups excluding carboxylic acids is 1. The Hall–Kier alpha value is -1.10. The van der Waals surface area contributed by atoms with Gasteiger partial charge in [-0.15, -0.1) is 0 Å². The molecule has 0 aromatic carbocycles. The lowest BCUT2D eigenvalue weighted by molar-refractivity contribution is -0.130. The van der Waals surface area contributed by atoms with E-state index in [0.717, 1.165) is 25.7 Å². The number of guanidine groups is 1. The molecule has 1 heterocycles. The van der Waals surface area contributed by atoms with Gasteiger partial charge in [0.2, 0.25) is 0 Å². The second kappa shape index (κ2) is 4.29. The summed E-state index contributed by atoms with van der Waals surface area (Å²) < 4.78 is 0. The van der Waals surface area contributed by atoms with Gasteiger partial charge in [-0.2, -0.15) is 0 Å². The molecule has 0 spiro atoms. The maximum Gasteiger partial charge on any atom is 0.256 e. The minimum Gasteiger partial charge on any atom is -0.393 e. The van der Waals surface area contributed by atoms with Gasteiger partial charge < -0.3 is 10.8 Å². The Balaban J connectivity index is 2.05. The predicted molar refractivity (Wildman–Crippen MR) is 65.4 cm³/mol. The van der Waals surface area contributed by atoms with Crippen molar-refractivity contribution in [3.8, 4) is 0 Å². The Morgan fingerprint density at radius 1 is 1.59 bits per heavy atom. The lowest BCUT2D eigenvalue weighted by atomic mass is 9.79. The van der Waals surface area contributed by atoms with E-state index in [1.54, 1.807) is 7.05 Å². The summed E-state index contributed by atoms with van der Waals surface area (Å²) in [6, 6.07) is 0. The first kappa shape index (κ1) is 12.4. The first-order valence-electron chi connectivity index (χ1n) is 6.24. The Bertz CT molecular complexity index is 356. The minimum absolute atomic E-state index is 0.0323. The van der Waals surface area contributed by atoms with Crippen molar-refractivity contribution in [2.75, 3.05) is 7.05 Å². The van der Waals surface area contributed by atoms with Crippen LogP contribution >= 0.6 is 0 Å². The Kier molecular flexibility index (Phi) is 3.12. The summed E-state index contributed by atoms with van der Waals surface area (Å²) in [6.45, 7) is 1.84. The molecule has 17 heavy (non-hydrogen) atoms. The van der Waals surface area contributed by atoms with Crippen LogP contribution in [0.5, 0.6) is 0 Å². The molecule has 0 radical (unpaired) electrons. The van der Waals surface area contributed by atoms with Gasteiger partial charge in [0, 0.05) is 7.05 Å². The highest BCUT2D eigenvalue weighted by Crippen LogP contribution is 2.35. The SMILES string of the molecule is CN1C(=O)[C@@](C)(C[C@H]2CCC[C@H](O)C2)N=C1N. The number of aliphatic hydroxyl groups excluding tert-OH is 1. The molecule has 3 atom stereocenters. The highest BCUT2D eigenvalue weighted by atomic mass is 16.3. The molecular weight excluding hydrogens is 218 g/mol. The van der Waals surface area contributed by atoms with Crippen LogP contribution in [0.25, 0.3) is 0 Å². The van der Waals surface area contributed by atoms with Crippen molar-refractivity contribution in [1.82, 2.24) is 4.90 Å². The van der Waals surface area contributed by atoms with Gasteiger partial charge in [0.15, 0.2) is 5.96 Å². The van der Waals surface area contributed by atoms with E-state index in [0.29, 0.717) is 18.3 Å². The summed E-state index contributed by atoms with van der Waals surface area (Å²) >= 11 is 0. The van der Waals surface area contributed by atoms with E-state index < -0.39 is 5.54 Å². The zero-order chi connectivity index (χ0) is 12.6. The van der Waals surface area contributed by atoms with Crippen LogP contribution in [0.3, 0.4) is 0 Å². The normalized spacial score (nSPS) is 38.4. The molecule has 1 amide bonds. The standard InChI is InChI=1S/C12H21N3O2/c1-12(10(17)15(2)11(13)14-12)7-8-4-3-5-9(16)6-8/h8-9,16H,3-7H2,1-2H3,(H2,13,14)/t8-,9-,12+/m0/s1. The lowest BCUT2D eigenvalue weighted by Gasteiger charge is -2.30. The molecule has 2 aliphatic rings. The summed E-state index contributed by atoms with van der Waals surface area (Å²) in [4.78, 5) is 17.8. The molecule has 3 N–H and O–H groups in total. The number of aliphatic imine (C=N–C) groups is 1. The molecule has 1 saturated carbocycles. The summed E-state index contributed by atoms with van der Waals surface area (Å²) in [6.07, 6.45) is 4.24. The van der Waals surface area contributed by atoms with Gasteiger partial charge in [-0.05, 0) is 32.1 Å². The maximum atomic E-state index is 12.1. The van der Waals surface area contributed by atoms with Gasteiger partial charge >= 0.3 is 0 Å². The molecule has 0 aromatic rings. The molecule has 96 valence electrons. The number of carbonyl (C=O) groups is 1. The molecule has 0 unspecified atom stereocenters. The van der Waals surface area contributed by atoms with E-state index in [1.807, 2.05) is 6.92 Å². The van der Waals surface area contributed by atoms with Crippen LogP contribution in [0.2, 0.25) is 0 Å². The Labute approximate surface area is 102 Å². The number of nitrogens with two attached hydrogens (primary N) is 1. The Morgan fingerprint density at radius 2 is 2.29 bits per heavy atom. The van der Waals surface area contributed by atoms with Crippen molar-refractivity contribution >= 4 is 11.9 Å². The highest BCUT2D eigenvalue weighted by Gasteiger charge is 2.44. The van der Waals surface area contributed by atoms with Crippen molar-refractivity contribution in [3.05, 3.63) is 0 Å². The molecule has 0 bridgehead atoms. The van der Waals surface area contributed by atoms with Gasteiger partial charge in [0.05, 0.1) is 6.10 Å². The third-order valence-corrected chi connectivity index (χ3v) is 3.91. The van der Waals surface area contributed by atoms with Gasteiger partial charge in [-0.1, -0.05) is 12.8 Å². The molecule has 2 rings (SSSR count). The lowest BCUT2D eigenvalue weighted by Crippen LogP contribution is -2.41. The van der Waals surface area contributed by atoms with Crippen LogP contribution in [0.15, 0.2) is 4.99 Å². The molecular formula is C12H21N3O2. The number of likely N-dealkylation sites (N-methyl/N-ethyl adjacent to an activating group) is 1. The van der Waals surface area contributed by atoms with Crippen molar-refractivity contribution in [3.63, 3.8) is 0 Å². The number of rotatable bonds is 2. The molecule has 1 fully saturated rings. The third kappa shape index (κ3) is 2.29. The summed E-state index contributed by atoms with van der Waals surface area (Å²) in [5.41, 5.74) is 4.96. The summed E-state index contributed by atoms with van der Waals surface area (Å²) in [7, 11) is 1.65. The zero-order valence-electron chi connectivity index (χ0n) is 10.5. The van der Waals surface area contributed by atoms with E-state index in [4.69, 9.17) is 5.73 Å². The zero-order valence-corrected chi connectivity index (χ0v) is 10.5. The third-order valence-electron chi connectivity index (χ3n) is 3.91. The second-order valence-corrected chi connectivity index (χ2v) is 5.50. The van der Waals surface area contributed by atoms with E-state index in [-0.39, 0.29) is 12.0 Å². The number of hydrogen-bond acceptors (Lipinski definition) is 4. The van der Waals surface area contributed by atoms with Crippen LogP contribution in [-0.2, 0) is 4.79 Å². The quantitative estimate of drug-likeness (QED) is 0.735. The molecule has 5 nitrogen and oxygen atoms in total. The minimum atomic E-state index is -0.722. The van der Waals surface area contributed by atoms with Crippen LogP contribution < -0.4 is 5.73 Å². The van der Waals surface area contributed by atoms with Crippen LogP contribution in [-0.4, -0.2) is 40.6 Å². The smallest absolute Gasteiger partial charge is 0.256 e. The molecule has 0 saturated heterocycles. The number of hydrogen-bond donors (Lipinski definition) is 2. The van der Waals surface area contributed by atoms with Crippen LogP contribution in [0.4, 0.5) is 0 Å². The van der Waals surface area contributed by atoms with Crippen LogP contribution in [0, 0.1) is 5.92 Å². The second-order valence-electron chi connectivity index (χ2n) is 5.50. The van der Waals surface area contributed by atoms with Crippen molar-refractivity contribution in [2.45, 2.75) is 50.7 Å². The number of amides is 1. The van der Waals surface area contributed by atoms with E-state index in [2.05, 4.69) is 4.99 Å². The topological polar surface area (TPSA) is 78.9 Å². The fourth-order valence-corrected chi connectivity index (χ4v) is 2.98. The molecule has 5 heteroatoms. The number of nitrogens with zero attached hydrogens (tertiary/aromatic N) is 2. The average molecular weight is 239 g/mol. The average Bonchev–Trinajstić information content (AvgIpc) is 2.43. The van der Waals surface area contributed by atoms with E-state index in [1.165, 1.54) is 4.90 Å². The molecule has 1 aliphatic heterocycles. The van der Waals surface area contributed by atoms with E-state index >= 15 is 0 Å². The largest absolute Gasteiger partial charge is 0.393 e. The van der Waals surface area contributed by atoms with Gasteiger partial charge in [-0.3, -0.25) is 9.69 Å². The molecule has 0 aromatic heterocycles. The van der Waals surface area contributed by atoms with Gasteiger partial charge in [-0.25, -0.2) is 4.99 Å². The fourth-order valence-electron chi connectivity index (χ4n) is 2.98. The van der Waals surface area contributed by atoms with Gasteiger partial charge in [0.25, 0.3) is 5.91 Å². The first-order chi connectivity index (χ1) is 7.92. The van der Waals surface area contributed by atoms with Crippen molar-refractivity contribution in [2.24, 2.45) is 16.6 Å². The van der Waals surface area contributed by atoms with Crippen molar-refractivity contribution < 1.29 is 9.90 Å². The summed E-state index contributed by atoms with van der Waals surface area (Å²) in [5.74, 6) is 0.639. The van der Waals surface area contributed by atoms with Crippen LogP contribution in [0.1, 0.15) is 39.0 Å². The number of aliphatic hydroxyl groups is 1. The fraction of sp³-hybridized carbons (Fsp3) is 0.833. The molecule has 1 aliphatic carbocycles.